The van der Waals surface area contributed by atoms with E-state index >= 15 is 0 Å². The van der Waals surface area contributed by atoms with Crippen LogP contribution in [0.15, 0.2) is 24.5 Å². The summed E-state index contributed by atoms with van der Waals surface area (Å²) in [7, 11) is 0. The standard InChI is InChI=1S/C12H15N5.2ClH/c1-2-7-14-10(5-1)12-15-11(16-17-12)9-4-3-6-13-8-9;;/h3-4,6,8,10,14H,1-2,5,7H2,(H,15,16,17);2*1H. The number of pyridine rings is 1. The van der Waals surface area contributed by atoms with E-state index in [9.17, 15) is 0 Å². The molecule has 5 nitrogen and oxygen atoms in total. The predicted molar refractivity (Wildman–Crippen MR) is 78.7 cm³/mol. The summed E-state index contributed by atoms with van der Waals surface area (Å²) in [6, 6.07) is 4.18. The second-order valence-corrected chi connectivity index (χ2v) is 4.29. The number of halogens is 2. The molecule has 1 atom stereocenters. The average molecular weight is 302 g/mol. The van der Waals surface area contributed by atoms with E-state index in [0.29, 0.717) is 6.04 Å². The first-order valence-corrected chi connectivity index (χ1v) is 5.99. The van der Waals surface area contributed by atoms with Gasteiger partial charge in [0.15, 0.2) is 5.82 Å². The summed E-state index contributed by atoms with van der Waals surface area (Å²) in [5, 5.41) is 10.7. The molecular formula is C12H17Cl2N5. The average Bonchev–Trinajstić information content (AvgIpc) is 2.90. The van der Waals surface area contributed by atoms with Gasteiger partial charge in [0.2, 0.25) is 0 Å². The van der Waals surface area contributed by atoms with E-state index in [1.54, 1.807) is 12.4 Å². The second-order valence-electron chi connectivity index (χ2n) is 4.29. The maximum atomic E-state index is 4.54. The van der Waals surface area contributed by atoms with Gasteiger partial charge in [-0.15, -0.1) is 24.8 Å². The van der Waals surface area contributed by atoms with Gasteiger partial charge in [0, 0.05) is 18.0 Å². The van der Waals surface area contributed by atoms with Crippen LogP contribution in [-0.2, 0) is 0 Å². The highest BCUT2D eigenvalue weighted by Crippen LogP contribution is 2.21. The molecule has 0 bridgehead atoms. The highest BCUT2D eigenvalue weighted by molar-refractivity contribution is 5.85. The van der Waals surface area contributed by atoms with Crippen LogP contribution in [0.1, 0.15) is 31.1 Å². The lowest BCUT2D eigenvalue weighted by Gasteiger charge is -2.20. The number of aromatic amines is 1. The molecule has 3 rings (SSSR count). The molecule has 1 aliphatic rings. The van der Waals surface area contributed by atoms with Gasteiger partial charge in [-0.05, 0) is 31.5 Å². The largest absolute Gasteiger partial charge is 0.307 e. The molecular weight excluding hydrogens is 285 g/mol. The fourth-order valence-corrected chi connectivity index (χ4v) is 2.14. The summed E-state index contributed by atoms with van der Waals surface area (Å²) in [4.78, 5) is 8.61. The number of aromatic nitrogens is 4. The van der Waals surface area contributed by atoms with E-state index in [0.717, 1.165) is 30.2 Å². The zero-order valence-corrected chi connectivity index (χ0v) is 12.0. The first kappa shape index (κ1) is 15.9. The van der Waals surface area contributed by atoms with Crippen molar-refractivity contribution in [1.82, 2.24) is 25.5 Å². The quantitative estimate of drug-likeness (QED) is 0.894. The number of nitrogens with one attached hydrogen (secondary N) is 2. The maximum absolute atomic E-state index is 4.54. The van der Waals surface area contributed by atoms with Crippen LogP contribution in [0.3, 0.4) is 0 Å². The van der Waals surface area contributed by atoms with E-state index in [2.05, 4.69) is 25.5 Å². The fraction of sp³-hybridized carbons (Fsp3) is 0.417. The van der Waals surface area contributed by atoms with Gasteiger partial charge in [-0.2, -0.15) is 5.10 Å². The Hall–Kier alpha value is -1.17. The van der Waals surface area contributed by atoms with Crippen LogP contribution in [-0.4, -0.2) is 26.7 Å². The minimum Gasteiger partial charge on any atom is -0.307 e. The number of nitrogens with zero attached hydrogens (tertiary/aromatic N) is 3. The molecule has 1 unspecified atom stereocenters. The Balaban J connectivity index is 0.000000902. The normalized spacial score (nSPS) is 18.2. The summed E-state index contributed by atoms with van der Waals surface area (Å²) < 4.78 is 0. The van der Waals surface area contributed by atoms with Gasteiger partial charge in [-0.25, -0.2) is 4.98 Å². The summed E-state index contributed by atoms with van der Waals surface area (Å²) >= 11 is 0. The molecule has 0 radical (unpaired) electrons. The fourth-order valence-electron chi connectivity index (χ4n) is 2.14. The van der Waals surface area contributed by atoms with Crippen LogP contribution in [0.4, 0.5) is 0 Å². The summed E-state index contributed by atoms with van der Waals surface area (Å²) in [6.45, 7) is 1.06. The molecule has 7 heteroatoms. The van der Waals surface area contributed by atoms with Crippen LogP contribution in [0, 0.1) is 0 Å². The lowest BCUT2D eigenvalue weighted by atomic mass is 10.0. The van der Waals surface area contributed by atoms with Gasteiger partial charge in [-0.3, -0.25) is 10.1 Å². The smallest absolute Gasteiger partial charge is 0.182 e. The highest BCUT2D eigenvalue weighted by atomic mass is 35.5. The van der Waals surface area contributed by atoms with Crippen molar-refractivity contribution in [3.63, 3.8) is 0 Å². The Morgan fingerprint density at radius 1 is 1.21 bits per heavy atom. The Bertz CT molecular complexity index is 482. The van der Waals surface area contributed by atoms with Gasteiger partial charge in [0.05, 0.1) is 6.04 Å². The molecule has 2 aromatic heterocycles. The predicted octanol–water partition coefficient (Wildman–Crippen LogP) is 2.52. The van der Waals surface area contributed by atoms with E-state index in [1.807, 2.05) is 12.1 Å². The van der Waals surface area contributed by atoms with Crippen LogP contribution in [0.2, 0.25) is 0 Å². The van der Waals surface area contributed by atoms with Crippen molar-refractivity contribution < 1.29 is 0 Å². The molecule has 0 saturated carbocycles. The minimum atomic E-state index is 0. The van der Waals surface area contributed by atoms with E-state index in [4.69, 9.17) is 0 Å². The molecule has 1 fully saturated rings. The Kier molecular flexibility index (Phi) is 6.21. The number of hydrogen-bond donors (Lipinski definition) is 2. The summed E-state index contributed by atoms with van der Waals surface area (Å²) in [5.41, 5.74) is 0.950. The number of rotatable bonds is 2. The van der Waals surface area contributed by atoms with Crippen molar-refractivity contribution in [1.29, 1.82) is 0 Å². The molecule has 104 valence electrons. The van der Waals surface area contributed by atoms with Gasteiger partial charge >= 0.3 is 0 Å². The van der Waals surface area contributed by atoms with Crippen molar-refractivity contribution in [2.75, 3.05) is 6.54 Å². The maximum Gasteiger partial charge on any atom is 0.182 e. The highest BCUT2D eigenvalue weighted by Gasteiger charge is 2.18. The number of hydrogen-bond acceptors (Lipinski definition) is 4. The van der Waals surface area contributed by atoms with Crippen LogP contribution < -0.4 is 5.32 Å². The van der Waals surface area contributed by atoms with Crippen molar-refractivity contribution in [3.05, 3.63) is 30.4 Å². The Labute approximate surface area is 124 Å². The van der Waals surface area contributed by atoms with Crippen molar-refractivity contribution in [2.45, 2.75) is 25.3 Å². The van der Waals surface area contributed by atoms with Crippen molar-refractivity contribution in [3.8, 4) is 11.4 Å². The van der Waals surface area contributed by atoms with E-state index in [1.165, 1.54) is 12.8 Å². The lowest BCUT2D eigenvalue weighted by Crippen LogP contribution is -2.27. The minimum absolute atomic E-state index is 0. The SMILES string of the molecule is Cl.Cl.c1cncc(-c2n[nH]c(C3CCCCN3)n2)c1. The first-order valence-electron chi connectivity index (χ1n) is 5.99. The van der Waals surface area contributed by atoms with Crippen molar-refractivity contribution >= 4 is 24.8 Å². The zero-order chi connectivity index (χ0) is 11.5. The molecule has 0 amide bonds. The van der Waals surface area contributed by atoms with E-state index < -0.39 is 0 Å². The molecule has 0 aromatic carbocycles. The third-order valence-corrected chi connectivity index (χ3v) is 3.06. The zero-order valence-electron chi connectivity index (χ0n) is 10.4. The molecule has 19 heavy (non-hydrogen) atoms. The number of piperidine rings is 1. The first-order chi connectivity index (χ1) is 8.43. The van der Waals surface area contributed by atoms with Gasteiger partial charge in [0.1, 0.15) is 5.82 Å². The number of H-pyrrole nitrogens is 1. The van der Waals surface area contributed by atoms with Crippen LogP contribution in [0.25, 0.3) is 11.4 Å². The van der Waals surface area contributed by atoms with Gasteiger partial charge in [-0.1, -0.05) is 6.42 Å². The van der Waals surface area contributed by atoms with E-state index in [-0.39, 0.29) is 24.8 Å². The second kappa shape index (κ2) is 7.43. The molecule has 0 aliphatic carbocycles. The Morgan fingerprint density at radius 2 is 2.11 bits per heavy atom. The van der Waals surface area contributed by atoms with Crippen LogP contribution >= 0.6 is 24.8 Å². The summed E-state index contributed by atoms with van der Waals surface area (Å²) in [6.07, 6.45) is 7.16. The summed E-state index contributed by atoms with van der Waals surface area (Å²) in [5.74, 6) is 1.66. The molecule has 2 aromatic rings. The molecule has 2 N–H and O–H groups in total. The monoisotopic (exact) mass is 301 g/mol. The van der Waals surface area contributed by atoms with Gasteiger partial charge < -0.3 is 5.32 Å². The third kappa shape index (κ3) is 3.65. The topological polar surface area (TPSA) is 66.5 Å². The molecule has 0 spiro atoms. The van der Waals surface area contributed by atoms with Crippen LogP contribution in [0.5, 0.6) is 0 Å². The third-order valence-electron chi connectivity index (χ3n) is 3.06. The molecule has 3 heterocycles. The molecule has 1 saturated heterocycles. The van der Waals surface area contributed by atoms with Crippen molar-refractivity contribution in [2.24, 2.45) is 0 Å². The molecule has 1 aliphatic heterocycles. The lowest BCUT2D eigenvalue weighted by molar-refractivity contribution is 0.398. The Morgan fingerprint density at radius 3 is 2.79 bits per heavy atom. The van der Waals surface area contributed by atoms with Gasteiger partial charge in [0.25, 0.3) is 0 Å².